The van der Waals surface area contributed by atoms with Gasteiger partial charge in [0.25, 0.3) is 0 Å². The second kappa shape index (κ2) is 8.69. The van der Waals surface area contributed by atoms with Crippen molar-refractivity contribution in [1.82, 2.24) is 0 Å². The lowest BCUT2D eigenvalue weighted by atomic mass is 10.1. The van der Waals surface area contributed by atoms with Crippen molar-refractivity contribution >= 4 is 23.3 Å². The van der Waals surface area contributed by atoms with E-state index < -0.39 is 5.97 Å². The molecule has 0 heterocycles. The van der Waals surface area contributed by atoms with Crippen molar-refractivity contribution in [3.63, 3.8) is 0 Å². The molecule has 5 heteroatoms. The van der Waals surface area contributed by atoms with E-state index in [0.717, 1.165) is 13.0 Å². The number of benzene rings is 1. The number of rotatable bonds is 9. The maximum atomic E-state index is 11.0. The molecule has 0 aliphatic carbocycles. The van der Waals surface area contributed by atoms with Crippen molar-refractivity contribution in [3.8, 4) is 5.75 Å². The van der Waals surface area contributed by atoms with Crippen molar-refractivity contribution in [2.75, 3.05) is 19.0 Å². The second-order valence-corrected chi connectivity index (χ2v) is 5.09. The average Bonchev–Trinajstić information content (AvgIpc) is 2.43. The van der Waals surface area contributed by atoms with Crippen LogP contribution in [-0.4, -0.2) is 24.7 Å². The second-order valence-electron chi connectivity index (χ2n) is 4.68. The van der Waals surface area contributed by atoms with Crippen molar-refractivity contribution < 1.29 is 14.6 Å². The Labute approximate surface area is 125 Å². The lowest BCUT2D eigenvalue weighted by molar-refractivity contribution is 0.0693. The minimum absolute atomic E-state index is 0.0750. The maximum Gasteiger partial charge on any atom is 0.339 e. The predicted molar refractivity (Wildman–Crippen MR) is 82.2 cm³/mol. The monoisotopic (exact) mass is 299 g/mol. The quantitative estimate of drug-likeness (QED) is 0.662. The van der Waals surface area contributed by atoms with Gasteiger partial charge in [0.05, 0.1) is 17.8 Å². The van der Waals surface area contributed by atoms with Gasteiger partial charge in [-0.2, -0.15) is 0 Å². The lowest BCUT2D eigenvalue weighted by Gasteiger charge is -2.12. The molecular formula is C15H22ClNO3. The van der Waals surface area contributed by atoms with E-state index in [9.17, 15) is 4.79 Å². The molecule has 1 aromatic carbocycles. The Morgan fingerprint density at radius 1 is 1.30 bits per heavy atom. The molecule has 112 valence electrons. The zero-order valence-corrected chi connectivity index (χ0v) is 12.8. The molecule has 0 saturated carbocycles. The molecule has 0 unspecified atom stereocenters. The molecule has 0 aliphatic heterocycles. The highest BCUT2D eigenvalue weighted by molar-refractivity contribution is 6.33. The number of ether oxygens (including phenoxy) is 1. The summed E-state index contributed by atoms with van der Waals surface area (Å²) in [6.45, 7) is 3.01. The number of halogens is 1. The number of unbranched alkanes of at least 4 members (excludes halogenated alkanes) is 4. The number of anilines is 1. The third-order valence-corrected chi connectivity index (χ3v) is 3.43. The van der Waals surface area contributed by atoms with Gasteiger partial charge < -0.3 is 15.2 Å². The highest BCUT2D eigenvalue weighted by Crippen LogP contribution is 2.31. The summed E-state index contributed by atoms with van der Waals surface area (Å²) in [4.78, 5) is 11.0. The van der Waals surface area contributed by atoms with Crippen LogP contribution in [0.15, 0.2) is 12.1 Å². The number of carbonyl (C=O) groups is 1. The summed E-state index contributed by atoms with van der Waals surface area (Å²) in [6.07, 6.45) is 5.99. The van der Waals surface area contributed by atoms with E-state index >= 15 is 0 Å². The number of hydrogen-bond donors (Lipinski definition) is 2. The van der Waals surface area contributed by atoms with E-state index in [-0.39, 0.29) is 5.56 Å². The van der Waals surface area contributed by atoms with Gasteiger partial charge in [-0.15, -0.1) is 0 Å². The van der Waals surface area contributed by atoms with Crippen LogP contribution in [0, 0.1) is 0 Å². The van der Waals surface area contributed by atoms with E-state index in [0.29, 0.717) is 16.5 Å². The fourth-order valence-electron chi connectivity index (χ4n) is 1.98. The predicted octanol–water partition coefficient (Wildman–Crippen LogP) is 4.43. The van der Waals surface area contributed by atoms with Crippen molar-refractivity contribution in [2.24, 2.45) is 0 Å². The Balaban J connectivity index is 2.60. The summed E-state index contributed by atoms with van der Waals surface area (Å²) >= 11 is 6.08. The van der Waals surface area contributed by atoms with Crippen LogP contribution in [-0.2, 0) is 0 Å². The molecule has 1 rings (SSSR count). The van der Waals surface area contributed by atoms with E-state index in [1.807, 2.05) is 0 Å². The first-order valence-corrected chi connectivity index (χ1v) is 7.32. The first-order chi connectivity index (χ1) is 9.60. The standard InChI is InChI=1S/C15H22ClNO3/c1-3-4-5-6-7-8-17-13-10-14(20-2)11(15(18)19)9-12(13)16/h9-10,17H,3-8H2,1-2H3,(H,18,19). The molecule has 2 N–H and O–H groups in total. The normalized spacial score (nSPS) is 10.3. The van der Waals surface area contributed by atoms with Crippen LogP contribution in [0.3, 0.4) is 0 Å². The highest BCUT2D eigenvalue weighted by Gasteiger charge is 2.14. The average molecular weight is 300 g/mol. The fourth-order valence-corrected chi connectivity index (χ4v) is 2.21. The molecule has 0 spiro atoms. The van der Waals surface area contributed by atoms with E-state index in [1.54, 1.807) is 6.07 Å². The van der Waals surface area contributed by atoms with Crippen LogP contribution in [0.4, 0.5) is 5.69 Å². The van der Waals surface area contributed by atoms with Crippen molar-refractivity contribution in [2.45, 2.75) is 39.0 Å². The number of methoxy groups -OCH3 is 1. The highest BCUT2D eigenvalue weighted by atomic mass is 35.5. The lowest BCUT2D eigenvalue weighted by Crippen LogP contribution is -2.05. The van der Waals surface area contributed by atoms with Crippen LogP contribution in [0.1, 0.15) is 49.4 Å². The Hall–Kier alpha value is -1.42. The Morgan fingerprint density at radius 3 is 2.60 bits per heavy atom. The zero-order valence-electron chi connectivity index (χ0n) is 12.0. The largest absolute Gasteiger partial charge is 0.496 e. The van der Waals surface area contributed by atoms with Crippen LogP contribution < -0.4 is 10.1 Å². The van der Waals surface area contributed by atoms with E-state index in [1.165, 1.54) is 38.9 Å². The molecule has 1 aromatic rings. The smallest absolute Gasteiger partial charge is 0.339 e. The molecule has 0 saturated heterocycles. The summed E-state index contributed by atoms with van der Waals surface area (Å²) in [5.41, 5.74) is 0.787. The van der Waals surface area contributed by atoms with Gasteiger partial charge in [-0.05, 0) is 12.5 Å². The van der Waals surface area contributed by atoms with Crippen molar-refractivity contribution in [3.05, 3.63) is 22.7 Å². The van der Waals surface area contributed by atoms with Gasteiger partial charge in [-0.3, -0.25) is 0 Å². The Bertz CT molecular complexity index is 449. The molecule has 0 aromatic heterocycles. The Kier molecular flexibility index (Phi) is 7.23. The molecule has 0 radical (unpaired) electrons. The number of carboxylic acids is 1. The van der Waals surface area contributed by atoms with Gasteiger partial charge in [0, 0.05) is 12.6 Å². The van der Waals surface area contributed by atoms with E-state index in [4.69, 9.17) is 21.4 Å². The van der Waals surface area contributed by atoms with Crippen molar-refractivity contribution in [1.29, 1.82) is 0 Å². The SMILES string of the molecule is CCCCCCCNc1cc(OC)c(C(=O)O)cc1Cl. The zero-order chi connectivity index (χ0) is 15.0. The minimum Gasteiger partial charge on any atom is -0.496 e. The topological polar surface area (TPSA) is 58.6 Å². The number of nitrogens with one attached hydrogen (secondary N) is 1. The minimum atomic E-state index is -1.05. The first kappa shape index (κ1) is 16.6. The van der Waals surface area contributed by atoms with Gasteiger partial charge in [0.2, 0.25) is 0 Å². The number of carboxylic acid groups (broad SMARTS) is 1. The van der Waals surface area contributed by atoms with Gasteiger partial charge in [0.1, 0.15) is 11.3 Å². The van der Waals surface area contributed by atoms with Crippen LogP contribution in [0.25, 0.3) is 0 Å². The first-order valence-electron chi connectivity index (χ1n) is 6.94. The van der Waals surface area contributed by atoms with Crippen LogP contribution >= 0.6 is 11.6 Å². The Morgan fingerprint density at radius 2 is 2.00 bits per heavy atom. The van der Waals surface area contributed by atoms with Crippen LogP contribution in [0.2, 0.25) is 5.02 Å². The summed E-state index contributed by atoms with van der Waals surface area (Å²) in [7, 11) is 1.45. The molecule has 0 bridgehead atoms. The maximum absolute atomic E-state index is 11.0. The molecule has 0 atom stereocenters. The number of hydrogen-bond acceptors (Lipinski definition) is 3. The molecule has 4 nitrogen and oxygen atoms in total. The third-order valence-electron chi connectivity index (χ3n) is 3.12. The van der Waals surface area contributed by atoms with Gasteiger partial charge in [0.15, 0.2) is 0 Å². The third kappa shape index (κ3) is 4.93. The van der Waals surface area contributed by atoms with Gasteiger partial charge in [-0.1, -0.05) is 44.2 Å². The summed E-state index contributed by atoms with van der Waals surface area (Å²) in [5, 5.41) is 12.7. The molecule has 0 aliphatic rings. The molecule has 0 fully saturated rings. The summed E-state index contributed by atoms with van der Waals surface area (Å²) < 4.78 is 5.08. The fraction of sp³-hybridized carbons (Fsp3) is 0.533. The van der Waals surface area contributed by atoms with E-state index in [2.05, 4.69) is 12.2 Å². The van der Waals surface area contributed by atoms with Gasteiger partial charge in [-0.25, -0.2) is 4.79 Å². The molecule has 20 heavy (non-hydrogen) atoms. The number of aromatic carboxylic acids is 1. The summed E-state index contributed by atoms with van der Waals surface area (Å²) in [6, 6.07) is 3.06. The molecule has 0 amide bonds. The summed E-state index contributed by atoms with van der Waals surface area (Å²) in [5.74, 6) is -0.731. The van der Waals surface area contributed by atoms with Crippen LogP contribution in [0.5, 0.6) is 5.75 Å². The van der Waals surface area contributed by atoms with Gasteiger partial charge >= 0.3 is 5.97 Å². The molecular weight excluding hydrogens is 278 g/mol.